The number of hydrogen-bond donors (Lipinski definition) is 0. The Bertz CT molecular complexity index is 132. The molecule has 0 aliphatic heterocycles. The van der Waals surface area contributed by atoms with Crippen LogP contribution >= 0.6 is 0 Å². The van der Waals surface area contributed by atoms with Gasteiger partial charge >= 0.3 is 0 Å². The van der Waals surface area contributed by atoms with E-state index in [0.29, 0.717) is 13.0 Å². The van der Waals surface area contributed by atoms with Crippen molar-refractivity contribution in [2.24, 2.45) is 5.92 Å². The largest absolute Gasteiger partial charge is 0.103 e. The monoisotopic (exact) mass is 156 g/mol. The Morgan fingerprint density at radius 3 is 2.91 bits per heavy atom. The van der Waals surface area contributed by atoms with E-state index in [1.54, 1.807) is 0 Å². The van der Waals surface area contributed by atoms with Crippen molar-refractivity contribution in [1.82, 2.24) is 0 Å². The van der Waals surface area contributed by atoms with Crippen LogP contribution in [-0.4, -0.2) is 0 Å². The lowest BCUT2D eigenvalue weighted by molar-refractivity contribution is 0.519. The third kappa shape index (κ3) is 6.15. The molecule has 0 N–H and O–H groups in total. The molecule has 0 radical (unpaired) electrons. The molecule has 0 heterocycles. The standard InChI is InChI=1S/C11H22/c1-4-7-8-9-10-11(5-2)6-3/h5,11H,2,4,6-10H2,1,3H3/i3D,5D. The minimum Gasteiger partial charge on any atom is -0.103 e. The smallest absolute Gasteiger partial charge is 0.0573 e. The van der Waals surface area contributed by atoms with Crippen LogP contribution in [0.15, 0.2) is 12.6 Å². The fraction of sp³-hybridized carbons (Fsp3) is 0.818. The highest BCUT2D eigenvalue weighted by atomic mass is 14.0. The summed E-state index contributed by atoms with van der Waals surface area (Å²) in [5.41, 5.74) is 0. The number of rotatable bonds is 7. The zero-order chi connectivity index (χ0) is 10.1. The van der Waals surface area contributed by atoms with Crippen LogP contribution in [0, 0.1) is 5.92 Å². The van der Waals surface area contributed by atoms with Gasteiger partial charge in [0.25, 0.3) is 0 Å². The highest BCUT2D eigenvalue weighted by molar-refractivity contribution is 4.77. The lowest BCUT2D eigenvalue weighted by Gasteiger charge is -2.07. The quantitative estimate of drug-likeness (QED) is 0.383. The second kappa shape index (κ2) is 7.84. The van der Waals surface area contributed by atoms with Crippen LogP contribution in [0.25, 0.3) is 0 Å². The van der Waals surface area contributed by atoms with Crippen LogP contribution in [0.1, 0.15) is 55.1 Å². The summed E-state index contributed by atoms with van der Waals surface area (Å²) in [6, 6.07) is 0.517. The molecule has 1 unspecified atom stereocenters. The Morgan fingerprint density at radius 2 is 2.36 bits per heavy atom. The van der Waals surface area contributed by atoms with Crippen molar-refractivity contribution in [3.05, 3.63) is 12.6 Å². The Balaban J connectivity index is 3.51. The molecular weight excluding hydrogens is 132 g/mol. The average Bonchev–Trinajstić information content (AvgIpc) is 2.10. The van der Waals surface area contributed by atoms with Crippen molar-refractivity contribution in [3.63, 3.8) is 0 Å². The Kier molecular flexibility index (Phi) is 5.27. The van der Waals surface area contributed by atoms with Gasteiger partial charge in [0, 0.05) is 1.37 Å². The van der Waals surface area contributed by atoms with Crippen LogP contribution in [0.4, 0.5) is 0 Å². The highest BCUT2D eigenvalue weighted by Gasteiger charge is 1.98. The van der Waals surface area contributed by atoms with Crippen LogP contribution in [-0.2, 0) is 0 Å². The minimum absolute atomic E-state index is 0.273. The predicted molar refractivity (Wildman–Crippen MR) is 52.7 cm³/mol. The molecule has 0 spiro atoms. The fourth-order valence-electron chi connectivity index (χ4n) is 1.17. The summed E-state index contributed by atoms with van der Waals surface area (Å²) in [5.74, 6) is 0.273. The first-order valence-electron chi connectivity index (χ1n) is 5.87. The summed E-state index contributed by atoms with van der Waals surface area (Å²) in [5, 5.41) is 0. The average molecular weight is 156 g/mol. The molecule has 11 heavy (non-hydrogen) atoms. The van der Waals surface area contributed by atoms with Crippen LogP contribution in [0.3, 0.4) is 0 Å². The van der Waals surface area contributed by atoms with E-state index < -0.39 is 0 Å². The van der Waals surface area contributed by atoms with Gasteiger partial charge in [0.05, 0.1) is 1.37 Å². The summed E-state index contributed by atoms with van der Waals surface area (Å²) in [4.78, 5) is 0. The molecule has 66 valence electrons. The zero-order valence-electron chi connectivity index (χ0n) is 9.73. The van der Waals surface area contributed by atoms with Crippen LogP contribution < -0.4 is 0 Å². The molecule has 0 amide bonds. The van der Waals surface area contributed by atoms with E-state index in [9.17, 15) is 0 Å². The van der Waals surface area contributed by atoms with Gasteiger partial charge in [-0.25, -0.2) is 0 Å². The highest BCUT2D eigenvalue weighted by Crippen LogP contribution is 2.14. The Labute approximate surface area is 74.5 Å². The van der Waals surface area contributed by atoms with Gasteiger partial charge in [-0.15, -0.1) is 6.58 Å². The van der Waals surface area contributed by atoms with E-state index >= 15 is 0 Å². The molecule has 0 aliphatic rings. The molecule has 0 aromatic carbocycles. The second-order valence-corrected chi connectivity index (χ2v) is 3.04. The lowest BCUT2D eigenvalue weighted by Crippen LogP contribution is -1.93. The van der Waals surface area contributed by atoms with E-state index in [1.165, 1.54) is 25.7 Å². The zero-order valence-corrected chi connectivity index (χ0v) is 7.73. The third-order valence-corrected chi connectivity index (χ3v) is 2.04. The normalized spacial score (nSPS) is 15.4. The predicted octanol–water partition coefficient (Wildman–Crippen LogP) is 4.17. The van der Waals surface area contributed by atoms with Gasteiger partial charge < -0.3 is 0 Å². The summed E-state index contributed by atoms with van der Waals surface area (Å²) in [7, 11) is 0. The first kappa shape index (κ1) is 7.39. The SMILES string of the molecule is [2H]CCC(CCCCCC)C([2H])=C. The topological polar surface area (TPSA) is 0 Å². The maximum atomic E-state index is 7.44. The van der Waals surface area contributed by atoms with Crippen molar-refractivity contribution in [2.45, 2.75) is 52.3 Å². The van der Waals surface area contributed by atoms with Crippen LogP contribution in [0.2, 0.25) is 0 Å². The molecule has 0 bridgehead atoms. The first-order chi connectivity index (χ1) is 6.22. The molecule has 1 atom stereocenters. The molecule has 0 aliphatic carbocycles. The maximum Gasteiger partial charge on any atom is 0.0573 e. The molecule has 0 fully saturated rings. The molecular formula is C11H22. The molecule has 0 rings (SSSR count). The third-order valence-electron chi connectivity index (χ3n) is 2.04. The van der Waals surface area contributed by atoms with E-state index in [4.69, 9.17) is 2.74 Å². The van der Waals surface area contributed by atoms with E-state index in [0.717, 1.165) is 12.8 Å². The number of allylic oxidation sites excluding steroid dienone is 1. The van der Waals surface area contributed by atoms with Gasteiger partial charge in [-0.05, 0) is 18.8 Å². The molecule has 0 aromatic rings. The summed E-state index contributed by atoms with van der Waals surface area (Å²) in [6.45, 7) is 6.28. The summed E-state index contributed by atoms with van der Waals surface area (Å²) in [6.07, 6.45) is 6.87. The maximum absolute atomic E-state index is 7.44. The summed E-state index contributed by atoms with van der Waals surface area (Å²) >= 11 is 0. The number of hydrogen-bond acceptors (Lipinski definition) is 0. The van der Waals surface area contributed by atoms with Crippen molar-refractivity contribution < 1.29 is 2.74 Å². The minimum atomic E-state index is 0.273. The van der Waals surface area contributed by atoms with Gasteiger partial charge in [0.2, 0.25) is 0 Å². The van der Waals surface area contributed by atoms with Crippen molar-refractivity contribution in [2.75, 3.05) is 0 Å². The van der Waals surface area contributed by atoms with Gasteiger partial charge in [-0.2, -0.15) is 0 Å². The van der Waals surface area contributed by atoms with Gasteiger partial charge in [0.15, 0.2) is 0 Å². The Morgan fingerprint density at radius 1 is 1.55 bits per heavy atom. The first-order valence-corrected chi connectivity index (χ1v) is 4.67. The molecule has 0 nitrogen and oxygen atoms in total. The van der Waals surface area contributed by atoms with E-state index in [-0.39, 0.29) is 5.92 Å². The van der Waals surface area contributed by atoms with Crippen molar-refractivity contribution >= 4 is 0 Å². The van der Waals surface area contributed by atoms with Gasteiger partial charge in [0.1, 0.15) is 0 Å². The molecule has 0 aromatic heterocycles. The second-order valence-electron chi connectivity index (χ2n) is 3.04. The van der Waals surface area contributed by atoms with E-state index in [1.807, 2.05) is 0 Å². The van der Waals surface area contributed by atoms with Gasteiger partial charge in [-0.3, -0.25) is 0 Å². The Hall–Kier alpha value is -0.260. The van der Waals surface area contributed by atoms with Crippen molar-refractivity contribution in [3.8, 4) is 0 Å². The molecule has 0 heteroatoms. The number of unbranched alkanes of at least 4 members (excludes halogenated alkanes) is 3. The van der Waals surface area contributed by atoms with E-state index in [2.05, 4.69) is 13.5 Å². The van der Waals surface area contributed by atoms with Crippen LogP contribution in [0.5, 0.6) is 0 Å². The molecule has 0 saturated carbocycles. The van der Waals surface area contributed by atoms with Crippen molar-refractivity contribution in [1.29, 1.82) is 0 Å². The lowest BCUT2D eigenvalue weighted by atomic mass is 9.99. The van der Waals surface area contributed by atoms with Gasteiger partial charge in [-0.1, -0.05) is 45.6 Å². The molecule has 0 saturated heterocycles. The summed E-state index contributed by atoms with van der Waals surface area (Å²) < 4.78 is 14.6. The fourth-order valence-corrected chi connectivity index (χ4v) is 1.17.